The largest absolute Gasteiger partial charge is 0.454 e. The number of oxime groups is 1. The second kappa shape index (κ2) is 5.12. The predicted octanol–water partition coefficient (Wildman–Crippen LogP) is 3.43. The maximum atomic E-state index is 13.5. The lowest BCUT2D eigenvalue weighted by molar-refractivity contribution is 0.322. The Morgan fingerprint density at radius 2 is 1.88 bits per heavy atom. The Balaban J connectivity index is 2.29. The molecule has 0 amide bonds. The number of hydrogen-bond acceptors (Lipinski definition) is 3. The molecule has 0 radical (unpaired) electrons. The molecule has 0 aromatic heterocycles. The van der Waals surface area contributed by atoms with E-state index in [4.69, 9.17) is 9.94 Å². The maximum Gasteiger partial charge on any atom is 0.165 e. The summed E-state index contributed by atoms with van der Waals surface area (Å²) in [7, 11) is 0. The monoisotopic (exact) mass is 231 g/mol. The predicted molar refractivity (Wildman–Crippen MR) is 62.3 cm³/mol. The van der Waals surface area contributed by atoms with Gasteiger partial charge in [-0.15, -0.1) is 0 Å². The van der Waals surface area contributed by atoms with Gasteiger partial charge in [0.1, 0.15) is 5.75 Å². The zero-order chi connectivity index (χ0) is 12.1. The third-order valence-electron chi connectivity index (χ3n) is 2.13. The van der Waals surface area contributed by atoms with E-state index in [0.717, 1.165) is 0 Å². The van der Waals surface area contributed by atoms with Crippen LogP contribution in [0.2, 0.25) is 0 Å². The first-order chi connectivity index (χ1) is 8.29. The van der Waals surface area contributed by atoms with Gasteiger partial charge in [0.2, 0.25) is 0 Å². The molecule has 0 aliphatic carbocycles. The zero-order valence-corrected chi connectivity index (χ0v) is 8.88. The molecule has 0 atom stereocenters. The number of para-hydroxylation sites is 1. The molecule has 4 heteroatoms. The Morgan fingerprint density at radius 3 is 2.59 bits per heavy atom. The van der Waals surface area contributed by atoms with Crippen molar-refractivity contribution in [3.05, 3.63) is 59.9 Å². The standard InChI is InChI=1S/C13H10FNO2/c14-12-7-6-10(9-15-16)8-13(12)17-11-4-2-1-3-5-11/h1-9,16H/b15-9-. The van der Waals surface area contributed by atoms with Crippen LogP contribution in [0.25, 0.3) is 0 Å². The molecule has 2 aromatic carbocycles. The number of halogens is 1. The summed E-state index contributed by atoms with van der Waals surface area (Å²) in [6, 6.07) is 13.1. The number of rotatable bonds is 3. The molecular formula is C13H10FNO2. The topological polar surface area (TPSA) is 41.8 Å². The summed E-state index contributed by atoms with van der Waals surface area (Å²) in [4.78, 5) is 0. The summed E-state index contributed by atoms with van der Waals surface area (Å²) in [5, 5.41) is 11.3. The number of nitrogens with zero attached hydrogens (tertiary/aromatic N) is 1. The second-order valence-electron chi connectivity index (χ2n) is 3.35. The van der Waals surface area contributed by atoms with Crippen LogP contribution in [0.3, 0.4) is 0 Å². The van der Waals surface area contributed by atoms with Crippen molar-refractivity contribution in [2.24, 2.45) is 5.16 Å². The van der Waals surface area contributed by atoms with Crippen LogP contribution in [0.15, 0.2) is 53.7 Å². The molecule has 0 saturated heterocycles. The molecule has 0 aliphatic heterocycles. The van der Waals surface area contributed by atoms with Crippen LogP contribution in [0.1, 0.15) is 5.56 Å². The van der Waals surface area contributed by atoms with Crippen LogP contribution in [-0.2, 0) is 0 Å². The van der Waals surface area contributed by atoms with Crippen LogP contribution in [0.4, 0.5) is 4.39 Å². The van der Waals surface area contributed by atoms with Gasteiger partial charge in [0, 0.05) is 0 Å². The fraction of sp³-hybridized carbons (Fsp3) is 0. The molecule has 2 rings (SSSR count). The van der Waals surface area contributed by atoms with Crippen LogP contribution >= 0.6 is 0 Å². The van der Waals surface area contributed by atoms with Crippen molar-refractivity contribution in [3.8, 4) is 11.5 Å². The van der Waals surface area contributed by atoms with Crippen molar-refractivity contribution in [3.63, 3.8) is 0 Å². The van der Waals surface area contributed by atoms with E-state index in [0.29, 0.717) is 11.3 Å². The van der Waals surface area contributed by atoms with Crippen molar-refractivity contribution in [1.82, 2.24) is 0 Å². The summed E-state index contributed by atoms with van der Waals surface area (Å²) < 4.78 is 18.8. The Morgan fingerprint density at radius 1 is 1.12 bits per heavy atom. The van der Waals surface area contributed by atoms with Gasteiger partial charge in [-0.25, -0.2) is 4.39 Å². The number of ether oxygens (including phenoxy) is 1. The van der Waals surface area contributed by atoms with Crippen LogP contribution < -0.4 is 4.74 Å². The lowest BCUT2D eigenvalue weighted by atomic mass is 10.2. The third kappa shape index (κ3) is 2.81. The van der Waals surface area contributed by atoms with Crippen molar-refractivity contribution in [2.75, 3.05) is 0 Å². The highest BCUT2D eigenvalue weighted by atomic mass is 19.1. The van der Waals surface area contributed by atoms with E-state index in [-0.39, 0.29) is 5.75 Å². The first kappa shape index (κ1) is 11.1. The van der Waals surface area contributed by atoms with Crippen LogP contribution in [0.5, 0.6) is 11.5 Å². The van der Waals surface area contributed by atoms with Crippen LogP contribution in [-0.4, -0.2) is 11.4 Å². The average Bonchev–Trinajstić information content (AvgIpc) is 2.35. The summed E-state index contributed by atoms with van der Waals surface area (Å²) in [5.74, 6) is 0.169. The third-order valence-corrected chi connectivity index (χ3v) is 2.13. The molecule has 1 N–H and O–H groups in total. The van der Waals surface area contributed by atoms with Gasteiger partial charge < -0.3 is 9.94 Å². The molecular weight excluding hydrogens is 221 g/mol. The summed E-state index contributed by atoms with van der Waals surface area (Å²) in [6.07, 6.45) is 1.21. The molecule has 0 fully saturated rings. The molecule has 2 aromatic rings. The molecule has 17 heavy (non-hydrogen) atoms. The minimum absolute atomic E-state index is 0.0913. The average molecular weight is 231 g/mol. The number of hydrogen-bond donors (Lipinski definition) is 1. The van der Waals surface area contributed by atoms with Crippen molar-refractivity contribution in [1.29, 1.82) is 0 Å². The first-order valence-electron chi connectivity index (χ1n) is 4.99. The molecule has 0 saturated carbocycles. The van der Waals surface area contributed by atoms with E-state index in [9.17, 15) is 4.39 Å². The Labute approximate surface area is 97.8 Å². The summed E-state index contributed by atoms with van der Waals surface area (Å²) in [5.41, 5.74) is 0.555. The molecule has 0 heterocycles. The SMILES string of the molecule is O/N=C\c1ccc(F)c(Oc2ccccc2)c1. The van der Waals surface area contributed by atoms with Crippen LogP contribution in [0, 0.1) is 5.82 Å². The quantitative estimate of drug-likeness (QED) is 0.499. The zero-order valence-electron chi connectivity index (χ0n) is 8.88. The highest BCUT2D eigenvalue weighted by molar-refractivity contribution is 5.79. The molecule has 0 spiro atoms. The van der Waals surface area contributed by atoms with Gasteiger partial charge in [-0.3, -0.25) is 0 Å². The summed E-state index contributed by atoms with van der Waals surface area (Å²) in [6.45, 7) is 0. The Kier molecular flexibility index (Phi) is 3.35. The molecule has 86 valence electrons. The Bertz CT molecular complexity index is 526. The highest BCUT2D eigenvalue weighted by Gasteiger charge is 2.05. The minimum Gasteiger partial charge on any atom is -0.454 e. The van der Waals surface area contributed by atoms with Gasteiger partial charge in [0.25, 0.3) is 0 Å². The fourth-order valence-electron chi connectivity index (χ4n) is 1.36. The van der Waals surface area contributed by atoms with E-state index >= 15 is 0 Å². The van der Waals surface area contributed by atoms with Crippen molar-refractivity contribution >= 4 is 6.21 Å². The summed E-state index contributed by atoms with van der Waals surface area (Å²) >= 11 is 0. The van der Waals surface area contributed by atoms with Crippen molar-refractivity contribution < 1.29 is 14.3 Å². The normalized spacial score (nSPS) is 10.6. The van der Waals surface area contributed by atoms with Gasteiger partial charge in [0.05, 0.1) is 6.21 Å². The van der Waals surface area contributed by atoms with Crippen molar-refractivity contribution in [2.45, 2.75) is 0 Å². The van der Waals surface area contributed by atoms with E-state index in [2.05, 4.69) is 5.16 Å². The number of benzene rings is 2. The molecule has 3 nitrogen and oxygen atoms in total. The smallest absolute Gasteiger partial charge is 0.165 e. The lowest BCUT2D eigenvalue weighted by Gasteiger charge is -2.06. The second-order valence-corrected chi connectivity index (χ2v) is 3.35. The van der Waals surface area contributed by atoms with Gasteiger partial charge >= 0.3 is 0 Å². The van der Waals surface area contributed by atoms with Gasteiger partial charge in [-0.2, -0.15) is 0 Å². The lowest BCUT2D eigenvalue weighted by Crippen LogP contribution is -1.90. The molecule has 0 aliphatic rings. The van der Waals surface area contributed by atoms with Gasteiger partial charge in [0.15, 0.2) is 11.6 Å². The fourth-order valence-corrected chi connectivity index (χ4v) is 1.36. The van der Waals surface area contributed by atoms with Gasteiger partial charge in [-0.05, 0) is 29.8 Å². The molecule has 0 unspecified atom stereocenters. The Hall–Kier alpha value is -2.36. The minimum atomic E-state index is -0.469. The maximum absolute atomic E-state index is 13.5. The highest BCUT2D eigenvalue weighted by Crippen LogP contribution is 2.24. The van der Waals surface area contributed by atoms with E-state index < -0.39 is 5.82 Å². The van der Waals surface area contributed by atoms with E-state index in [1.54, 1.807) is 24.3 Å². The van der Waals surface area contributed by atoms with E-state index in [1.165, 1.54) is 24.4 Å². The molecule has 0 bridgehead atoms. The van der Waals surface area contributed by atoms with E-state index in [1.807, 2.05) is 6.07 Å². The first-order valence-corrected chi connectivity index (χ1v) is 4.99. The van der Waals surface area contributed by atoms with Gasteiger partial charge in [-0.1, -0.05) is 29.4 Å².